The minimum absolute atomic E-state index is 0.482. The number of hydrogen-bond acceptors (Lipinski definition) is 3. The topological polar surface area (TPSA) is 35.3 Å². The fourth-order valence-corrected chi connectivity index (χ4v) is 2.67. The summed E-state index contributed by atoms with van der Waals surface area (Å²) in [5.41, 5.74) is 3.79. The molecule has 0 aliphatic heterocycles. The second-order valence-electron chi connectivity index (χ2n) is 5.05. The Morgan fingerprint density at radius 1 is 1.40 bits per heavy atom. The summed E-state index contributed by atoms with van der Waals surface area (Å²) in [4.78, 5) is 0. The van der Waals surface area contributed by atoms with Crippen LogP contribution in [0.15, 0.2) is 29.0 Å². The first-order valence-corrected chi connectivity index (χ1v) is 7.04. The van der Waals surface area contributed by atoms with Gasteiger partial charge in [0.25, 0.3) is 0 Å². The zero-order valence-corrected chi connectivity index (χ0v) is 12.3. The predicted octanol–water partition coefficient (Wildman–Crippen LogP) is 4.80. The van der Waals surface area contributed by atoms with Gasteiger partial charge in [-0.15, -0.1) is 0 Å². The van der Waals surface area contributed by atoms with Gasteiger partial charge in [-0.1, -0.05) is 28.9 Å². The highest BCUT2D eigenvalue weighted by molar-refractivity contribution is 6.33. The molecule has 0 radical (unpaired) electrons. The smallest absolute Gasteiger partial charge is 0.147 e. The monoisotopic (exact) mass is 289 g/mol. The highest BCUT2D eigenvalue weighted by atomic mass is 35.5. The lowest BCUT2D eigenvalue weighted by Crippen LogP contribution is -1.89. The van der Waals surface area contributed by atoms with E-state index in [2.05, 4.69) is 5.16 Å². The molecule has 1 aromatic heterocycles. The Morgan fingerprint density at radius 2 is 2.20 bits per heavy atom. The Bertz CT molecular complexity index is 636. The second kappa shape index (κ2) is 5.33. The minimum atomic E-state index is 0.482. The van der Waals surface area contributed by atoms with Gasteiger partial charge in [0.15, 0.2) is 0 Å². The van der Waals surface area contributed by atoms with Crippen molar-refractivity contribution in [1.82, 2.24) is 5.16 Å². The van der Waals surface area contributed by atoms with Crippen molar-refractivity contribution in [3.8, 4) is 11.3 Å². The van der Waals surface area contributed by atoms with E-state index < -0.39 is 0 Å². The van der Waals surface area contributed by atoms with Crippen molar-refractivity contribution in [3.05, 3.63) is 46.4 Å². The number of aryl methyl sites for hydroxylation is 1. The number of benzene rings is 1. The van der Waals surface area contributed by atoms with Crippen LogP contribution in [0, 0.1) is 6.92 Å². The Balaban J connectivity index is 2.16. The van der Waals surface area contributed by atoms with Crippen molar-refractivity contribution >= 4 is 17.7 Å². The molecule has 0 amide bonds. The quantitative estimate of drug-likeness (QED) is 0.759. The summed E-state index contributed by atoms with van der Waals surface area (Å²) in [7, 11) is 1.63. The van der Waals surface area contributed by atoms with Crippen LogP contribution >= 0.6 is 11.6 Å². The fourth-order valence-electron chi connectivity index (χ4n) is 2.36. The molecule has 20 heavy (non-hydrogen) atoms. The highest BCUT2D eigenvalue weighted by Crippen LogP contribution is 2.45. The first kappa shape index (κ1) is 13.3. The third-order valence-corrected chi connectivity index (χ3v) is 3.85. The molecule has 1 aliphatic rings. The van der Waals surface area contributed by atoms with Gasteiger partial charge < -0.3 is 9.26 Å². The maximum Gasteiger partial charge on any atom is 0.147 e. The summed E-state index contributed by atoms with van der Waals surface area (Å²) in [5, 5.41) is 4.94. The number of nitrogens with zero attached hydrogens (tertiary/aromatic N) is 1. The van der Waals surface area contributed by atoms with E-state index in [1.807, 2.05) is 31.2 Å². The molecule has 1 aliphatic carbocycles. The summed E-state index contributed by atoms with van der Waals surface area (Å²) < 4.78 is 10.6. The van der Waals surface area contributed by atoms with Gasteiger partial charge >= 0.3 is 0 Å². The van der Waals surface area contributed by atoms with E-state index in [1.54, 1.807) is 13.4 Å². The van der Waals surface area contributed by atoms with Crippen LogP contribution < -0.4 is 0 Å². The average Bonchev–Trinajstić information content (AvgIpc) is 3.19. The van der Waals surface area contributed by atoms with E-state index in [4.69, 9.17) is 20.9 Å². The van der Waals surface area contributed by atoms with Crippen LogP contribution in [0.1, 0.15) is 35.6 Å². The molecule has 1 aromatic carbocycles. The molecule has 2 aromatic rings. The Kier molecular flexibility index (Phi) is 3.53. The van der Waals surface area contributed by atoms with Crippen molar-refractivity contribution < 1.29 is 9.26 Å². The van der Waals surface area contributed by atoms with Gasteiger partial charge in [-0.25, -0.2) is 0 Å². The summed E-state index contributed by atoms with van der Waals surface area (Å²) in [5.74, 6) is 1.42. The van der Waals surface area contributed by atoms with E-state index in [9.17, 15) is 0 Å². The van der Waals surface area contributed by atoms with E-state index in [0.29, 0.717) is 10.9 Å². The third-order valence-electron chi connectivity index (χ3n) is 3.53. The normalized spacial score (nSPS) is 14.9. The second-order valence-corrected chi connectivity index (χ2v) is 5.46. The third kappa shape index (κ3) is 2.34. The van der Waals surface area contributed by atoms with Crippen molar-refractivity contribution in [2.75, 3.05) is 7.11 Å². The number of aromatic nitrogens is 1. The summed E-state index contributed by atoms with van der Waals surface area (Å²) in [6.45, 7) is 2.02. The van der Waals surface area contributed by atoms with Gasteiger partial charge in [0.2, 0.25) is 0 Å². The van der Waals surface area contributed by atoms with Crippen molar-refractivity contribution in [2.45, 2.75) is 25.7 Å². The Morgan fingerprint density at radius 3 is 2.85 bits per heavy atom. The Labute approximate surface area is 123 Å². The number of methoxy groups -OCH3 is 1. The largest absolute Gasteiger partial charge is 0.504 e. The minimum Gasteiger partial charge on any atom is -0.504 e. The van der Waals surface area contributed by atoms with Gasteiger partial charge in [0.05, 0.1) is 18.4 Å². The molecule has 0 unspecified atom stereocenters. The molecule has 0 bridgehead atoms. The molecule has 0 spiro atoms. The summed E-state index contributed by atoms with van der Waals surface area (Å²) >= 11 is 6.34. The lowest BCUT2D eigenvalue weighted by Gasteiger charge is -2.06. The van der Waals surface area contributed by atoms with E-state index >= 15 is 0 Å². The summed E-state index contributed by atoms with van der Waals surface area (Å²) in [6.07, 6.45) is 5.87. The maximum absolute atomic E-state index is 6.34. The van der Waals surface area contributed by atoms with Crippen molar-refractivity contribution in [1.29, 1.82) is 0 Å². The maximum atomic E-state index is 6.34. The average molecular weight is 290 g/mol. The highest BCUT2D eigenvalue weighted by Gasteiger charge is 2.32. The first-order valence-electron chi connectivity index (χ1n) is 6.66. The predicted molar refractivity (Wildman–Crippen MR) is 79.7 cm³/mol. The first-order chi connectivity index (χ1) is 9.72. The van der Waals surface area contributed by atoms with Crippen LogP contribution in [0.4, 0.5) is 0 Å². The molecule has 0 atom stereocenters. The van der Waals surface area contributed by atoms with Crippen LogP contribution in [0.25, 0.3) is 17.3 Å². The molecular weight excluding hydrogens is 274 g/mol. The number of ether oxygens (including phenoxy) is 1. The lowest BCUT2D eigenvalue weighted by atomic mass is 10.0. The van der Waals surface area contributed by atoms with Crippen molar-refractivity contribution in [2.24, 2.45) is 0 Å². The number of hydrogen-bond donors (Lipinski definition) is 0. The zero-order chi connectivity index (χ0) is 14.1. The van der Waals surface area contributed by atoms with E-state index in [1.165, 1.54) is 0 Å². The SMILES string of the molecule is CO/C=C/c1c(-c2c(C)cccc2Cl)noc1C1CC1. The van der Waals surface area contributed by atoms with E-state index in [0.717, 1.165) is 41.0 Å². The van der Waals surface area contributed by atoms with Crippen LogP contribution in [0.5, 0.6) is 0 Å². The van der Waals surface area contributed by atoms with Gasteiger partial charge in [-0.2, -0.15) is 0 Å². The van der Waals surface area contributed by atoms with Crippen LogP contribution in [-0.4, -0.2) is 12.3 Å². The molecule has 4 heteroatoms. The standard InChI is InChI=1S/C16H16ClNO2/c1-10-4-3-5-13(17)14(10)15-12(8-9-19-2)16(20-18-15)11-6-7-11/h3-5,8-9,11H,6-7H2,1-2H3/b9-8+. The van der Waals surface area contributed by atoms with Gasteiger partial charge in [-0.05, 0) is 37.5 Å². The molecule has 1 heterocycles. The molecule has 1 fully saturated rings. The van der Waals surface area contributed by atoms with Crippen molar-refractivity contribution in [3.63, 3.8) is 0 Å². The molecular formula is C16H16ClNO2. The van der Waals surface area contributed by atoms with E-state index in [-0.39, 0.29) is 0 Å². The van der Waals surface area contributed by atoms with Crippen LogP contribution in [0.2, 0.25) is 5.02 Å². The molecule has 104 valence electrons. The lowest BCUT2D eigenvalue weighted by molar-refractivity contribution is 0.341. The summed E-state index contributed by atoms with van der Waals surface area (Å²) in [6, 6.07) is 5.84. The van der Waals surface area contributed by atoms with Gasteiger partial charge in [-0.3, -0.25) is 0 Å². The number of rotatable bonds is 4. The van der Waals surface area contributed by atoms with Crippen LogP contribution in [0.3, 0.4) is 0 Å². The molecule has 1 saturated carbocycles. The van der Waals surface area contributed by atoms with Gasteiger partial charge in [0.1, 0.15) is 11.5 Å². The number of halogens is 1. The van der Waals surface area contributed by atoms with Gasteiger partial charge in [0, 0.05) is 17.0 Å². The fraction of sp³-hybridized carbons (Fsp3) is 0.312. The molecule has 3 rings (SSSR count). The molecule has 0 saturated heterocycles. The molecule has 0 N–H and O–H groups in total. The Hall–Kier alpha value is -1.74. The molecule has 3 nitrogen and oxygen atoms in total. The zero-order valence-electron chi connectivity index (χ0n) is 11.5. The van der Waals surface area contributed by atoms with Crippen LogP contribution in [-0.2, 0) is 4.74 Å².